The van der Waals surface area contributed by atoms with Crippen LogP contribution in [0.4, 0.5) is 0 Å². The summed E-state index contributed by atoms with van der Waals surface area (Å²) in [6.07, 6.45) is 2.80. The van der Waals surface area contributed by atoms with E-state index in [-0.39, 0.29) is 23.7 Å². The predicted molar refractivity (Wildman–Crippen MR) is 60.1 cm³/mol. The van der Waals surface area contributed by atoms with E-state index >= 15 is 0 Å². The molecule has 0 aliphatic rings. The van der Waals surface area contributed by atoms with Crippen LogP contribution in [0.3, 0.4) is 0 Å². The highest BCUT2D eigenvalue weighted by Crippen LogP contribution is 2.26. The van der Waals surface area contributed by atoms with Crippen molar-refractivity contribution in [2.45, 2.75) is 46.5 Å². The van der Waals surface area contributed by atoms with Gasteiger partial charge < -0.3 is 11.1 Å². The molecule has 0 aromatic heterocycles. The van der Waals surface area contributed by atoms with Gasteiger partial charge in [0.05, 0.1) is 0 Å². The van der Waals surface area contributed by atoms with Gasteiger partial charge in [-0.1, -0.05) is 27.2 Å². The third-order valence-corrected chi connectivity index (χ3v) is 2.26. The summed E-state index contributed by atoms with van der Waals surface area (Å²) < 4.78 is 0. The van der Waals surface area contributed by atoms with Crippen molar-refractivity contribution in [3.8, 4) is 0 Å². The molecule has 0 radical (unpaired) electrons. The summed E-state index contributed by atoms with van der Waals surface area (Å²) in [5.41, 5.74) is 5.00. The molecule has 3 N–H and O–H groups in total. The lowest BCUT2D eigenvalue weighted by atomic mass is 9.84. The first-order valence-electron chi connectivity index (χ1n) is 5.42. The minimum absolute atomic E-state index is 0.00491. The van der Waals surface area contributed by atoms with E-state index < -0.39 is 0 Å². The number of nitrogens with one attached hydrogen (secondary N) is 1. The molecule has 0 saturated heterocycles. The Hall–Kier alpha value is -1.06. The molecule has 0 fully saturated rings. The maximum atomic E-state index is 11.5. The number of carbonyl (C=O) groups excluding carboxylic acids is 2. The van der Waals surface area contributed by atoms with Crippen molar-refractivity contribution in [1.82, 2.24) is 5.32 Å². The van der Waals surface area contributed by atoms with Crippen LogP contribution in [-0.4, -0.2) is 18.4 Å². The molecule has 0 aliphatic heterocycles. The fraction of sp³-hybridized carbons (Fsp3) is 0.818. The average Bonchev–Trinajstić information content (AvgIpc) is 2.01. The van der Waals surface area contributed by atoms with Gasteiger partial charge in [-0.3, -0.25) is 9.59 Å². The first kappa shape index (κ1) is 13.9. The molecule has 0 spiro atoms. The first-order valence-corrected chi connectivity index (χ1v) is 5.42. The van der Waals surface area contributed by atoms with Gasteiger partial charge in [0.1, 0.15) is 0 Å². The van der Waals surface area contributed by atoms with Crippen LogP contribution in [-0.2, 0) is 9.59 Å². The maximum absolute atomic E-state index is 11.5. The van der Waals surface area contributed by atoms with Crippen LogP contribution in [0.2, 0.25) is 0 Å². The van der Waals surface area contributed by atoms with E-state index in [1.54, 1.807) is 0 Å². The summed E-state index contributed by atoms with van der Waals surface area (Å²) >= 11 is 0. The van der Waals surface area contributed by atoms with Gasteiger partial charge in [-0.2, -0.15) is 0 Å². The molecule has 0 bridgehead atoms. The van der Waals surface area contributed by atoms with Crippen molar-refractivity contribution < 1.29 is 9.59 Å². The predicted octanol–water partition coefficient (Wildman–Crippen LogP) is 1.19. The summed E-state index contributed by atoms with van der Waals surface area (Å²) in [6, 6.07) is 0. The lowest BCUT2D eigenvalue weighted by molar-refractivity contribution is -0.123. The number of rotatable bonds is 7. The van der Waals surface area contributed by atoms with Crippen molar-refractivity contribution in [3.63, 3.8) is 0 Å². The standard InChI is InChI=1S/C11H22N2O2/c1-4-6-11(2,3)8-10(15)13-7-5-9(12)14/h4-8H2,1-3H3,(H2,12,14)(H,13,15). The molecule has 0 heterocycles. The minimum Gasteiger partial charge on any atom is -0.370 e. The second-order valence-electron chi connectivity index (χ2n) is 4.66. The molecule has 0 aromatic carbocycles. The zero-order valence-corrected chi connectivity index (χ0v) is 9.93. The van der Waals surface area contributed by atoms with E-state index in [0.29, 0.717) is 13.0 Å². The van der Waals surface area contributed by atoms with E-state index in [9.17, 15) is 9.59 Å². The van der Waals surface area contributed by atoms with Crippen molar-refractivity contribution in [2.24, 2.45) is 11.1 Å². The normalized spacial score (nSPS) is 11.1. The van der Waals surface area contributed by atoms with Gasteiger partial charge in [-0.05, 0) is 11.8 Å². The van der Waals surface area contributed by atoms with Crippen molar-refractivity contribution in [2.75, 3.05) is 6.54 Å². The third kappa shape index (κ3) is 7.97. The topological polar surface area (TPSA) is 72.2 Å². The number of amides is 2. The Labute approximate surface area is 91.6 Å². The van der Waals surface area contributed by atoms with Gasteiger partial charge in [-0.25, -0.2) is 0 Å². The number of nitrogens with two attached hydrogens (primary N) is 1. The van der Waals surface area contributed by atoms with E-state index in [1.807, 2.05) is 0 Å². The van der Waals surface area contributed by atoms with Crippen molar-refractivity contribution in [3.05, 3.63) is 0 Å². The Kier molecular flexibility index (Phi) is 5.97. The number of primary amides is 1. The molecular weight excluding hydrogens is 192 g/mol. The summed E-state index contributed by atoms with van der Waals surface area (Å²) in [6.45, 7) is 6.59. The van der Waals surface area contributed by atoms with E-state index in [4.69, 9.17) is 5.73 Å². The zero-order chi connectivity index (χ0) is 11.9. The van der Waals surface area contributed by atoms with Crippen LogP contribution < -0.4 is 11.1 Å². The van der Waals surface area contributed by atoms with Gasteiger partial charge >= 0.3 is 0 Å². The summed E-state index contributed by atoms with van der Waals surface area (Å²) in [5.74, 6) is -0.391. The Morgan fingerprint density at radius 3 is 2.40 bits per heavy atom. The van der Waals surface area contributed by atoms with Crippen LogP contribution in [0.15, 0.2) is 0 Å². The largest absolute Gasteiger partial charge is 0.370 e. The monoisotopic (exact) mass is 214 g/mol. The molecule has 4 nitrogen and oxygen atoms in total. The second kappa shape index (κ2) is 6.43. The number of hydrogen-bond donors (Lipinski definition) is 2. The highest BCUT2D eigenvalue weighted by atomic mass is 16.2. The van der Waals surface area contributed by atoms with Gasteiger partial charge in [0.15, 0.2) is 0 Å². The van der Waals surface area contributed by atoms with E-state index in [1.165, 1.54) is 0 Å². The summed E-state index contributed by atoms with van der Waals surface area (Å²) in [5, 5.41) is 2.69. The van der Waals surface area contributed by atoms with Crippen molar-refractivity contribution in [1.29, 1.82) is 0 Å². The van der Waals surface area contributed by atoms with Crippen LogP contribution in [0.5, 0.6) is 0 Å². The molecule has 4 heteroatoms. The molecule has 15 heavy (non-hydrogen) atoms. The molecule has 0 aliphatic carbocycles. The Morgan fingerprint density at radius 1 is 1.33 bits per heavy atom. The van der Waals surface area contributed by atoms with E-state index in [0.717, 1.165) is 12.8 Å². The molecule has 0 atom stereocenters. The Balaban J connectivity index is 3.77. The SMILES string of the molecule is CCCC(C)(C)CC(=O)NCCC(N)=O. The Morgan fingerprint density at radius 2 is 1.93 bits per heavy atom. The minimum atomic E-state index is -0.386. The highest BCUT2D eigenvalue weighted by Gasteiger charge is 2.20. The van der Waals surface area contributed by atoms with Gasteiger partial charge in [-0.15, -0.1) is 0 Å². The van der Waals surface area contributed by atoms with Crippen LogP contribution >= 0.6 is 0 Å². The fourth-order valence-electron chi connectivity index (χ4n) is 1.59. The number of hydrogen-bond acceptors (Lipinski definition) is 2. The average molecular weight is 214 g/mol. The molecule has 0 saturated carbocycles. The van der Waals surface area contributed by atoms with E-state index in [2.05, 4.69) is 26.1 Å². The third-order valence-electron chi connectivity index (χ3n) is 2.26. The van der Waals surface area contributed by atoms with Crippen molar-refractivity contribution >= 4 is 11.8 Å². The fourth-order valence-corrected chi connectivity index (χ4v) is 1.59. The number of carbonyl (C=O) groups is 2. The highest BCUT2D eigenvalue weighted by molar-refractivity contribution is 5.78. The lowest BCUT2D eigenvalue weighted by Crippen LogP contribution is -2.31. The smallest absolute Gasteiger partial charge is 0.220 e. The van der Waals surface area contributed by atoms with Gasteiger partial charge in [0.25, 0.3) is 0 Å². The molecule has 0 rings (SSSR count). The molecule has 2 amide bonds. The first-order chi connectivity index (χ1) is 6.87. The summed E-state index contributed by atoms with van der Waals surface area (Å²) in [4.78, 5) is 21.9. The van der Waals surface area contributed by atoms with Gasteiger partial charge in [0, 0.05) is 19.4 Å². The zero-order valence-electron chi connectivity index (χ0n) is 9.93. The Bertz CT molecular complexity index is 225. The molecule has 0 unspecified atom stereocenters. The van der Waals surface area contributed by atoms with Gasteiger partial charge in [0.2, 0.25) is 11.8 Å². The molecule has 88 valence electrons. The van der Waals surface area contributed by atoms with Crippen LogP contribution in [0.25, 0.3) is 0 Å². The summed E-state index contributed by atoms with van der Waals surface area (Å²) in [7, 11) is 0. The lowest BCUT2D eigenvalue weighted by Gasteiger charge is -2.22. The maximum Gasteiger partial charge on any atom is 0.220 e. The van der Waals surface area contributed by atoms with Crippen LogP contribution in [0.1, 0.15) is 46.5 Å². The molecular formula is C11H22N2O2. The quantitative estimate of drug-likeness (QED) is 0.668. The molecule has 0 aromatic rings. The van der Waals surface area contributed by atoms with Crippen LogP contribution in [0, 0.1) is 5.41 Å². The second-order valence-corrected chi connectivity index (χ2v) is 4.66.